The van der Waals surface area contributed by atoms with Gasteiger partial charge in [-0.2, -0.15) is 0 Å². The SMILES string of the molecule is CC(=O)O.COc1ccc(C)cc1C(CC(=O)O)Cc1csc(CCCc2ccc3c(n2)CCCC3)n1. The van der Waals surface area contributed by atoms with Gasteiger partial charge >= 0.3 is 5.97 Å². The van der Waals surface area contributed by atoms with Crippen LogP contribution in [0.25, 0.3) is 0 Å². The standard InChI is InChI=1S/C27H32N2O3S.C2H4O2/c1-18-10-13-25(32-2)23(14-18)20(16-27(30)31)15-22-17-33-26(29-22)9-5-7-21-12-11-19-6-3-4-8-24(19)28-21;1-2(3)4/h10-14,17,20H,3-9,15-16H2,1-2H3,(H,30,31);1H3,(H,3,4). The van der Waals surface area contributed by atoms with Gasteiger partial charge in [-0.25, -0.2) is 4.98 Å². The maximum atomic E-state index is 11.6. The number of aryl methyl sites for hydroxylation is 5. The molecule has 1 aromatic carbocycles. The van der Waals surface area contributed by atoms with Crippen LogP contribution in [0, 0.1) is 6.92 Å². The Morgan fingerprint density at radius 1 is 1.05 bits per heavy atom. The van der Waals surface area contributed by atoms with Crippen molar-refractivity contribution in [1.29, 1.82) is 0 Å². The first-order valence-electron chi connectivity index (χ1n) is 12.7. The third-order valence-electron chi connectivity index (χ3n) is 6.36. The van der Waals surface area contributed by atoms with Gasteiger partial charge in [-0.3, -0.25) is 14.6 Å². The fraction of sp³-hybridized carbons (Fsp3) is 0.448. The number of methoxy groups -OCH3 is 1. The number of benzene rings is 1. The zero-order valence-corrected chi connectivity index (χ0v) is 22.6. The number of nitrogens with zero attached hydrogens (tertiary/aromatic N) is 2. The van der Waals surface area contributed by atoms with Crippen molar-refractivity contribution in [3.8, 4) is 5.75 Å². The number of hydrogen-bond acceptors (Lipinski definition) is 6. The second-order valence-electron chi connectivity index (χ2n) is 9.46. The highest BCUT2D eigenvalue weighted by Gasteiger charge is 2.21. The molecule has 1 unspecified atom stereocenters. The molecule has 0 spiro atoms. The minimum absolute atomic E-state index is 0.0523. The average molecular weight is 525 g/mol. The van der Waals surface area contributed by atoms with E-state index >= 15 is 0 Å². The number of fused-ring (bicyclic) bond motifs is 1. The first-order chi connectivity index (χ1) is 17.7. The fourth-order valence-corrected chi connectivity index (χ4v) is 5.53. The van der Waals surface area contributed by atoms with E-state index in [1.807, 2.05) is 25.1 Å². The molecular formula is C29H36N2O5S. The molecule has 2 N–H and O–H groups in total. The summed E-state index contributed by atoms with van der Waals surface area (Å²) in [6, 6.07) is 10.4. The number of ether oxygens (including phenoxy) is 1. The number of pyridine rings is 1. The lowest BCUT2D eigenvalue weighted by atomic mass is 9.89. The van der Waals surface area contributed by atoms with Gasteiger partial charge in [0.15, 0.2) is 0 Å². The Balaban J connectivity index is 0.000000886. The van der Waals surface area contributed by atoms with Crippen LogP contribution < -0.4 is 4.74 Å². The van der Waals surface area contributed by atoms with Gasteiger partial charge in [-0.15, -0.1) is 11.3 Å². The van der Waals surface area contributed by atoms with Crippen molar-refractivity contribution in [1.82, 2.24) is 9.97 Å². The third-order valence-corrected chi connectivity index (χ3v) is 7.32. The summed E-state index contributed by atoms with van der Waals surface area (Å²) >= 11 is 1.67. The molecule has 4 rings (SSSR count). The molecule has 1 aliphatic carbocycles. The zero-order valence-electron chi connectivity index (χ0n) is 21.8. The molecule has 2 heterocycles. The summed E-state index contributed by atoms with van der Waals surface area (Å²) in [4.78, 5) is 30.3. The van der Waals surface area contributed by atoms with Crippen LogP contribution in [-0.2, 0) is 41.7 Å². The van der Waals surface area contributed by atoms with E-state index in [1.54, 1.807) is 18.4 Å². The number of hydrogen-bond donors (Lipinski definition) is 2. The van der Waals surface area contributed by atoms with Gasteiger partial charge in [0, 0.05) is 29.6 Å². The highest BCUT2D eigenvalue weighted by molar-refractivity contribution is 7.09. The molecule has 0 saturated carbocycles. The summed E-state index contributed by atoms with van der Waals surface area (Å²) in [5, 5.41) is 20.1. The van der Waals surface area contributed by atoms with Crippen molar-refractivity contribution < 1.29 is 24.5 Å². The van der Waals surface area contributed by atoms with E-state index in [1.165, 1.54) is 36.2 Å². The lowest BCUT2D eigenvalue weighted by molar-refractivity contribution is -0.137. The van der Waals surface area contributed by atoms with Gasteiger partial charge in [0.25, 0.3) is 5.97 Å². The highest BCUT2D eigenvalue weighted by Crippen LogP contribution is 2.33. The topological polar surface area (TPSA) is 110 Å². The van der Waals surface area contributed by atoms with Crippen LogP contribution in [0.5, 0.6) is 5.75 Å². The smallest absolute Gasteiger partial charge is 0.303 e. The summed E-state index contributed by atoms with van der Waals surface area (Å²) in [7, 11) is 1.63. The zero-order chi connectivity index (χ0) is 26.8. The number of carboxylic acid groups (broad SMARTS) is 2. The van der Waals surface area contributed by atoms with E-state index < -0.39 is 11.9 Å². The van der Waals surface area contributed by atoms with Crippen molar-refractivity contribution in [3.05, 3.63) is 74.5 Å². The molecule has 0 bridgehead atoms. The van der Waals surface area contributed by atoms with Crippen molar-refractivity contribution in [3.63, 3.8) is 0 Å². The van der Waals surface area contributed by atoms with Gasteiger partial charge in [0.05, 0.1) is 24.2 Å². The van der Waals surface area contributed by atoms with Crippen LogP contribution in [0.1, 0.15) is 77.3 Å². The Morgan fingerprint density at radius 2 is 1.81 bits per heavy atom. The number of thiazole rings is 1. The van der Waals surface area contributed by atoms with Crippen LogP contribution in [0.15, 0.2) is 35.7 Å². The fourth-order valence-electron chi connectivity index (χ4n) is 4.67. The van der Waals surface area contributed by atoms with Crippen LogP contribution in [-0.4, -0.2) is 39.2 Å². The van der Waals surface area contributed by atoms with Gasteiger partial charge in [0.2, 0.25) is 0 Å². The van der Waals surface area contributed by atoms with E-state index in [-0.39, 0.29) is 12.3 Å². The Morgan fingerprint density at radius 3 is 2.54 bits per heavy atom. The number of aromatic nitrogens is 2. The molecule has 7 nitrogen and oxygen atoms in total. The van der Waals surface area contributed by atoms with Gasteiger partial charge in [-0.1, -0.05) is 23.8 Å². The molecule has 0 fully saturated rings. The predicted molar refractivity (Wildman–Crippen MR) is 145 cm³/mol. The summed E-state index contributed by atoms with van der Waals surface area (Å²) in [5.74, 6) is -1.08. The van der Waals surface area contributed by atoms with Crippen LogP contribution in [0.4, 0.5) is 0 Å². The number of rotatable bonds is 10. The molecule has 1 atom stereocenters. The van der Waals surface area contributed by atoms with E-state index in [4.69, 9.17) is 24.6 Å². The van der Waals surface area contributed by atoms with Crippen molar-refractivity contribution in [2.45, 2.75) is 77.6 Å². The Hall–Kier alpha value is -3.26. The van der Waals surface area contributed by atoms with E-state index in [0.717, 1.165) is 60.2 Å². The van der Waals surface area contributed by atoms with E-state index in [2.05, 4.69) is 17.5 Å². The molecule has 198 valence electrons. The number of aliphatic carboxylic acids is 2. The molecule has 37 heavy (non-hydrogen) atoms. The Kier molecular flexibility index (Phi) is 10.6. The molecule has 3 aromatic rings. The van der Waals surface area contributed by atoms with Crippen molar-refractivity contribution in [2.75, 3.05) is 7.11 Å². The molecule has 0 aliphatic heterocycles. The maximum absolute atomic E-state index is 11.6. The second kappa shape index (κ2) is 13.9. The lowest BCUT2D eigenvalue weighted by Crippen LogP contribution is -2.11. The van der Waals surface area contributed by atoms with Crippen LogP contribution >= 0.6 is 11.3 Å². The van der Waals surface area contributed by atoms with E-state index in [0.29, 0.717) is 6.42 Å². The summed E-state index contributed by atoms with van der Waals surface area (Å²) < 4.78 is 5.52. The molecule has 1 aliphatic rings. The molecule has 0 amide bonds. The van der Waals surface area contributed by atoms with Gasteiger partial charge in [0.1, 0.15) is 5.75 Å². The maximum Gasteiger partial charge on any atom is 0.303 e. The van der Waals surface area contributed by atoms with Crippen molar-refractivity contribution >= 4 is 23.3 Å². The summed E-state index contributed by atoms with van der Waals surface area (Å²) in [5.41, 5.74) is 6.89. The number of carbonyl (C=O) groups is 2. The number of carboxylic acids is 2. The largest absolute Gasteiger partial charge is 0.496 e. The first-order valence-corrected chi connectivity index (χ1v) is 13.6. The summed E-state index contributed by atoms with van der Waals surface area (Å²) in [6.07, 6.45) is 8.36. The minimum Gasteiger partial charge on any atom is -0.496 e. The molecule has 0 radical (unpaired) electrons. The summed E-state index contributed by atoms with van der Waals surface area (Å²) in [6.45, 7) is 3.10. The molecule has 8 heteroatoms. The quantitative estimate of drug-likeness (QED) is 0.345. The Labute approximate surface area is 222 Å². The van der Waals surface area contributed by atoms with E-state index in [9.17, 15) is 9.90 Å². The Bertz CT molecular complexity index is 1200. The predicted octanol–water partition coefficient (Wildman–Crippen LogP) is 5.80. The molecular weight excluding hydrogens is 488 g/mol. The van der Waals surface area contributed by atoms with Gasteiger partial charge in [-0.05, 0) is 81.5 Å². The van der Waals surface area contributed by atoms with Crippen LogP contribution in [0.2, 0.25) is 0 Å². The monoisotopic (exact) mass is 524 g/mol. The lowest BCUT2D eigenvalue weighted by Gasteiger charge is -2.18. The second-order valence-corrected chi connectivity index (χ2v) is 10.4. The minimum atomic E-state index is -0.833. The highest BCUT2D eigenvalue weighted by atomic mass is 32.1. The molecule has 2 aromatic heterocycles. The van der Waals surface area contributed by atoms with Crippen molar-refractivity contribution in [2.24, 2.45) is 0 Å². The normalized spacial score (nSPS) is 13.2. The van der Waals surface area contributed by atoms with Crippen LogP contribution in [0.3, 0.4) is 0 Å². The molecule has 0 saturated heterocycles. The first kappa shape index (κ1) is 28.3. The van der Waals surface area contributed by atoms with Gasteiger partial charge < -0.3 is 14.9 Å². The third kappa shape index (κ3) is 8.97. The average Bonchev–Trinajstić information content (AvgIpc) is 3.30.